The first-order valence-corrected chi connectivity index (χ1v) is 7.85. The third-order valence-electron chi connectivity index (χ3n) is 2.51. The Morgan fingerprint density at radius 1 is 1.11 bits per heavy atom. The lowest BCUT2D eigenvalue weighted by Gasteiger charge is -2.06. The van der Waals surface area contributed by atoms with Gasteiger partial charge in [0.05, 0.1) is 10.6 Å². The highest BCUT2D eigenvalue weighted by molar-refractivity contribution is 9.10. The molecule has 19 heavy (non-hydrogen) atoms. The number of sulfone groups is 1. The van der Waals surface area contributed by atoms with Crippen molar-refractivity contribution in [2.75, 3.05) is 5.73 Å². The van der Waals surface area contributed by atoms with Crippen molar-refractivity contribution in [3.8, 4) is 0 Å². The monoisotopic (exact) mass is 343 g/mol. The standard InChI is InChI=1S/C13H11BrFNO2S/c14-10-1-3-13(4-2-10)19(17,18)8-9-5-11(15)7-12(16)6-9/h1-7H,8,16H2. The van der Waals surface area contributed by atoms with Crippen molar-refractivity contribution < 1.29 is 12.8 Å². The summed E-state index contributed by atoms with van der Waals surface area (Å²) in [4.78, 5) is 0.193. The zero-order chi connectivity index (χ0) is 14.0. The van der Waals surface area contributed by atoms with Gasteiger partial charge in [0, 0.05) is 10.2 Å². The summed E-state index contributed by atoms with van der Waals surface area (Å²) in [6.45, 7) is 0. The van der Waals surface area contributed by atoms with Crippen molar-refractivity contribution in [3.63, 3.8) is 0 Å². The number of rotatable bonds is 3. The second kappa shape index (κ2) is 5.30. The molecule has 6 heteroatoms. The van der Waals surface area contributed by atoms with Crippen molar-refractivity contribution in [1.82, 2.24) is 0 Å². The average molecular weight is 344 g/mol. The molecule has 0 atom stereocenters. The molecule has 0 fully saturated rings. The Balaban J connectivity index is 2.33. The summed E-state index contributed by atoms with van der Waals surface area (Å²) in [6, 6.07) is 10.1. The van der Waals surface area contributed by atoms with E-state index in [0.29, 0.717) is 5.56 Å². The Kier molecular flexibility index (Phi) is 3.91. The van der Waals surface area contributed by atoms with Crippen LogP contribution < -0.4 is 5.73 Å². The van der Waals surface area contributed by atoms with Crippen molar-refractivity contribution >= 4 is 31.5 Å². The van der Waals surface area contributed by atoms with Crippen LogP contribution in [-0.4, -0.2) is 8.42 Å². The van der Waals surface area contributed by atoms with Gasteiger partial charge in [-0.3, -0.25) is 0 Å². The predicted octanol–water partition coefficient (Wildman–Crippen LogP) is 3.14. The fraction of sp³-hybridized carbons (Fsp3) is 0.0769. The van der Waals surface area contributed by atoms with E-state index in [2.05, 4.69) is 15.9 Å². The molecule has 0 saturated carbocycles. The molecule has 0 saturated heterocycles. The van der Waals surface area contributed by atoms with E-state index in [1.807, 2.05) is 0 Å². The summed E-state index contributed by atoms with van der Waals surface area (Å²) in [5, 5.41) is 0. The molecule has 2 N–H and O–H groups in total. The largest absolute Gasteiger partial charge is 0.399 e. The molecular weight excluding hydrogens is 333 g/mol. The van der Waals surface area contributed by atoms with E-state index in [1.54, 1.807) is 12.1 Å². The van der Waals surface area contributed by atoms with E-state index in [0.717, 1.165) is 10.5 Å². The van der Waals surface area contributed by atoms with E-state index in [-0.39, 0.29) is 16.3 Å². The molecule has 0 aliphatic carbocycles. The molecular formula is C13H11BrFNO2S. The van der Waals surface area contributed by atoms with E-state index in [4.69, 9.17) is 5.73 Å². The van der Waals surface area contributed by atoms with Gasteiger partial charge in [-0.25, -0.2) is 12.8 Å². The van der Waals surface area contributed by atoms with E-state index >= 15 is 0 Å². The minimum Gasteiger partial charge on any atom is -0.399 e. The Morgan fingerprint density at radius 2 is 1.74 bits per heavy atom. The van der Waals surface area contributed by atoms with Crippen molar-refractivity contribution in [1.29, 1.82) is 0 Å². The molecule has 0 aliphatic heterocycles. The topological polar surface area (TPSA) is 60.2 Å². The molecule has 2 aromatic carbocycles. The van der Waals surface area contributed by atoms with E-state index in [1.165, 1.54) is 24.3 Å². The van der Waals surface area contributed by atoms with Crippen LogP contribution in [0.3, 0.4) is 0 Å². The summed E-state index contributed by atoms with van der Waals surface area (Å²) >= 11 is 3.24. The molecule has 0 radical (unpaired) electrons. The van der Waals surface area contributed by atoms with Crippen LogP contribution in [0.25, 0.3) is 0 Å². The Morgan fingerprint density at radius 3 is 2.32 bits per heavy atom. The smallest absolute Gasteiger partial charge is 0.182 e. The molecule has 100 valence electrons. The Bertz CT molecular complexity index is 679. The number of hydrogen-bond donors (Lipinski definition) is 1. The minimum atomic E-state index is -3.51. The van der Waals surface area contributed by atoms with Crippen LogP contribution in [-0.2, 0) is 15.6 Å². The maximum absolute atomic E-state index is 13.2. The lowest BCUT2D eigenvalue weighted by atomic mass is 10.2. The van der Waals surface area contributed by atoms with Gasteiger partial charge in [0.2, 0.25) is 0 Å². The SMILES string of the molecule is Nc1cc(F)cc(CS(=O)(=O)c2ccc(Br)cc2)c1. The molecule has 0 spiro atoms. The van der Waals surface area contributed by atoms with Gasteiger partial charge in [0.1, 0.15) is 5.82 Å². The van der Waals surface area contributed by atoms with Crippen LogP contribution in [0.1, 0.15) is 5.56 Å². The third kappa shape index (κ3) is 3.54. The van der Waals surface area contributed by atoms with Gasteiger partial charge in [0.15, 0.2) is 9.84 Å². The Labute approximate surface area is 119 Å². The average Bonchev–Trinajstić information content (AvgIpc) is 2.27. The fourth-order valence-electron chi connectivity index (χ4n) is 1.70. The number of nitrogen functional groups attached to an aromatic ring is 1. The lowest BCUT2D eigenvalue weighted by Crippen LogP contribution is -2.05. The van der Waals surface area contributed by atoms with E-state index < -0.39 is 15.7 Å². The highest BCUT2D eigenvalue weighted by Crippen LogP contribution is 2.20. The third-order valence-corrected chi connectivity index (χ3v) is 4.74. The maximum atomic E-state index is 13.2. The molecule has 0 amide bonds. The molecule has 3 nitrogen and oxygen atoms in total. The van der Waals surface area contributed by atoms with Crippen molar-refractivity contribution in [2.24, 2.45) is 0 Å². The molecule has 2 rings (SSSR count). The zero-order valence-electron chi connectivity index (χ0n) is 9.81. The highest BCUT2D eigenvalue weighted by Gasteiger charge is 2.16. The van der Waals surface area contributed by atoms with Gasteiger partial charge < -0.3 is 5.73 Å². The van der Waals surface area contributed by atoms with E-state index in [9.17, 15) is 12.8 Å². The first-order chi connectivity index (χ1) is 8.87. The molecule has 0 heterocycles. The van der Waals surface area contributed by atoms with Crippen molar-refractivity contribution in [3.05, 3.63) is 58.3 Å². The summed E-state index contributed by atoms with van der Waals surface area (Å²) in [5.74, 6) is -0.822. The minimum absolute atomic E-state index is 0.193. The second-order valence-electron chi connectivity index (χ2n) is 4.11. The molecule has 0 aliphatic rings. The number of benzene rings is 2. The van der Waals surface area contributed by atoms with Gasteiger partial charge in [0.25, 0.3) is 0 Å². The normalized spacial score (nSPS) is 11.5. The molecule has 2 aromatic rings. The zero-order valence-corrected chi connectivity index (χ0v) is 12.2. The van der Waals surface area contributed by atoms with Gasteiger partial charge in [-0.2, -0.15) is 0 Å². The van der Waals surface area contributed by atoms with Gasteiger partial charge >= 0.3 is 0 Å². The highest BCUT2D eigenvalue weighted by atomic mass is 79.9. The number of hydrogen-bond acceptors (Lipinski definition) is 3. The molecule has 0 aromatic heterocycles. The van der Waals surface area contributed by atoms with Crippen LogP contribution in [0.15, 0.2) is 51.8 Å². The van der Waals surface area contributed by atoms with Gasteiger partial charge in [-0.1, -0.05) is 15.9 Å². The number of halogens is 2. The summed E-state index contributed by atoms with van der Waals surface area (Å²) < 4.78 is 38.3. The number of nitrogens with two attached hydrogens (primary N) is 1. The van der Waals surface area contributed by atoms with Crippen LogP contribution in [0.4, 0.5) is 10.1 Å². The van der Waals surface area contributed by atoms with Gasteiger partial charge in [-0.05, 0) is 48.0 Å². The first-order valence-electron chi connectivity index (χ1n) is 5.40. The fourth-order valence-corrected chi connectivity index (χ4v) is 3.29. The van der Waals surface area contributed by atoms with Crippen LogP contribution in [0.2, 0.25) is 0 Å². The summed E-state index contributed by atoms with van der Waals surface area (Å²) in [5.41, 5.74) is 6.04. The van der Waals surface area contributed by atoms with Crippen molar-refractivity contribution in [2.45, 2.75) is 10.6 Å². The summed E-state index contributed by atoms with van der Waals surface area (Å²) in [6.07, 6.45) is 0. The van der Waals surface area contributed by atoms with Crippen LogP contribution in [0.5, 0.6) is 0 Å². The first kappa shape index (κ1) is 14.0. The lowest BCUT2D eigenvalue weighted by molar-refractivity contribution is 0.594. The molecule has 0 unspecified atom stereocenters. The number of anilines is 1. The second-order valence-corrected chi connectivity index (χ2v) is 7.01. The maximum Gasteiger partial charge on any atom is 0.182 e. The van der Waals surface area contributed by atoms with Gasteiger partial charge in [-0.15, -0.1) is 0 Å². The molecule has 0 bridgehead atoms. The van der Waals surface area contributed by atoms with Crippen LogP contribution in [0, 0.1) is 5.82 Å². The Hall–Kier alpha value is -1.40. The van der Waals surface area contributed by atoms with Crippen LogP contribution >= 0.6 is 15.9 Å². The quantitative estimate of drug-likeness (QED) is 0.871. The summed E-state index contributed by atoms with van der Waals surface area (Å²) in [7, 11) is -3.51. The predicted molar refractivity (Wildman–Crippen MR) is 75.8 cm³/mol.